The molecule has 1 fully saturated rings. The lowest BCUT2D eigenvalue weighted by atomic mass is 10.00. The molecule has 1 aliphatic rings. The third kappa shape index (κ3) is 5.37. The third-order valence-corrected chi connectivity index (χ3v) is 8.91. The molecular weight excluding hydrogens is 589 g/mol. The number of hydrogen-bond acceptors (Lipinski definition) is 4. The number of rotatable bonds is 4. The molecule has 0 aliphatic carbocycles. The van der Waals surface area contributed by atoms with E-state index in [-0.39, 0.29) is 11.9 Å². The molecule has 3 heterocycles. The molecule has 0 unspecified atom stereocenters. The molecule has 4 aromatic carbocycles. The van der Waals surface area contributed by atoms with Gasteiger partial charge >= 0.3 is 0 Å². The molecule has 0 radical (unpaired) electrons. The van der Waals surface area contributed by atoms with Crippen LogP contribution in [0.1, 0.15) is 34.3 Å². The quantitative estimate of drug-likeness (QED) is 0.203. The number of amides is 1. The number of fused-ring (bicyclic) bond motifs is 2. The molecule has 7 rings (SSSR count). The van der Waals surface area contributed by atoms with Crippen LogP contribution in [0.25, 0.3) is 21.8 Å². The van der Waals surface area contributed by atoms with Crippen molar-refractivity contribution >= 4 is 62.4 Å². The summed E-state index contributed by atoms with van der Waals surface area (Å²) in [5.41, 5.74) is 4.84. The van der Waals surface area contributed by atoms with Crippen LogP contribution >= 0.6 is 23.2 Å². The summed E-state index contributed by atoms with van der Waals surface area (Å²) in [6.45, 7) is 1.42. The Morgan fingerprint density at radius 3 is 2.45 bits per heavy atom. The third-order valence-electron chi connectivity index (χ3n) is 8.10. The van der Waals surface area contributed by atoms with E-state index in [1.807, 2.05) is 89.8 Å². The second kappa shape index (κ2) is 12.0. The molecule has 8 heteroatoms. The second-order valence-corrected chi connectivity index (χ2v) is 11.5. The minimum Gasteiger partial charge on any atom is -0.360 e. The van der Waals surface area contributed by atoms with Crippen LogP contribution in [0.5, 0.6) is 0 Å². The van der Waals surface area contributed by atoms with Crippen molar-refractivity contribution in [2.45, 2.75) is 18.9 Å². The number of carbonyl (C=O) groups is 1. The summed E-state index contributed by atoms with van der Waals surface area (Å²) < 4.78 is 0. The lowest BCUT2D eigenvalue weighted by molar-refractivity contribution is 0.0974. The number of carbonyl (C=O) groups excluding carboxylic acids is 1. The molecule has 1 amide bonds. The Morgan fingerprint density at radius 1 is 0.841 bits per heavy atom. The highest BCUT2D eigenvalue weighted by molar-refractivity contribution is 6.44. The van der Waals surface area contributed by atoms with Crippen LogP contribution in [-0.2, 0) is 0 Å². The maximum atomic E-state index is 14.2. The molecule has 216 valence electrons. The van der Waals surface area contributed by atoms with Crippen molar-refractivity contribution in [1.29, 1.82) is 0 Å². The van der Waals surface area contributed by atoms with E-state index in [0.717, 1.165) is 51.6 Å². The highest BCUT2D eigenvalue weighted by atomic mass is 35.5. The Kier molecular flexibility index (Phi) is 7.66. The van der Waals surface area contributed by atoms with E-state index < -0.39 is 0 Å². The molecule has 6 aromatic rings. The van der Waals surface area contributed by atoms with Gasteiger partial charge in [0.2, 0.25) is 0 Å². The summed E-state index contributed by atoms with van der Waals surface area (Å²) in [5.74, 6) is 7.23. The van der Waals surface area contributed by atoms with E-state index in [0.29, 0.717) is 34.4 Å². The number of nitrogens with zero attached hydrogens (tertiary/aromatic N) is 4. The maximum absolute atomic E-state index is 14.2. The number of para-hydroxylation sites is 1. The second-order valence-electron chi connectivity index (χ2n) is 10.8. The van der Waals surface area contributed by atoms with Gasteiger partial charge in [0.1, 0.15) is 12.1 Å². The van der Waals surface area contributed by atoms with Gasteiger partial charge in [-0.3, -0.25) is 4.79 Å². The number of hydrogen-bond donors (Lipinski definition) is 1. The Hall–Kier alpha value is -4.83. The molecular formula is C36H27Cl2N5O. The van der Waals surface area contributed by atoms with Gasteiger partial charge in [0.15, 0.2) is 0 Å². The summed E-state index contributed by atoms with van der Waals surface area (Å²) in [5, 5.41) is 2.63. The number of nitrogens with one attached hydrogen (secondary N) is 1. The number of halogens is 2. The Bertz CT molecular complexity index is 2060. The van der Waals surface area contributed by atoms with Gasteiger partial charge in [-0.1, -0.05) is 77.5 Å². The van der Waals surface area contributed by atoms with E-state index in [9.17, 15) is 4.79 Å². The first-order valence-electron chi connectivity index (χ1n) is 14.5. The highest BCUT2D eigenvalue weighted by Gasteiger charge is 2.33. The molecule has 0 bridgehead atoms. The predicted octanol–water partition coefficient (Wildman–Crippen LogP) is 8.13. The fraction of sp³-hybridized carbons (Fsp3) is 0.139. The van der Waals surface area contributed by atoms with Gasteiger partial charge in [0.25, 0.3) is 5.91 Å². The lowest BCUT2D eigenvalue weighted by Crippen LogP contribution is -2.48. The number of piperidine rings is 1. The van der Waals surface area contributed by atoms with Gasteiger partial charge in [-0.05, 0) is 61.4 Å². The summed E-state index contributed by atoms with van der Waals surface area (Å²) in [4.78, 5) is 30.8. The molecule has 1 saturated heterocycles. The van der Waals surface area contributed by atoms with E-state index in [1.165, 1.54) is 0 Å². The highest BCUT2D eigenvalue weighted by Crippen LogP contribution is 2.37. The topological polar surface area (TPSA) is 65.1 Å². The minimum absolute atomic E-state index is 0.0867. The number of aromatic nitrogens is 3. The van der Waals surface area contributed by atoms with E-state index in [2.05, 4.69) is 31.7 Å². The molecule has 0 saturated carbocycles. The van der Waals surface area contributed by atoms with Gasteiger partial charge in [0, 0.05) is 52.7 Å². The normalized spacial score (nSPS) is 13.5. The maximum Gasteiger partial charge on any atom is 0.260 e. The molecule has 0 spiro atoms. The van der Waals surface area contributed by atoms with Gasteiger partial charge in [0.05, 0.1) is 26.8 Å². The molecule has 1 N–H and O–H groups in total. The van der Waals surface area contributed by atoms with Crippen LogP contribution in [0.15, 0.2) is 104 Å². The standard InChI is InChI=1S/C36H27Cl2N5O/c37-30-10-6-12-33(34(30)38)43(36(44)29-22-39-31-11-5-4-9-27(29)31)26-17-19-42(20-18-26)35-28-16-15-25(21-32(28)40-23-41-35)14-13-24-7-2-1-3-8-24/h1-12,15-16,21-23,26,39H,17-20H2. The number of aromatic amines is 1. The molecule has 1 aliphatic heterocycles. The fourth-order valence-electron chi connectivity index (χ4n) is 5.90. The Morgan fingerprint density at radius 2 is 1.61 bits per heavy atom. The van der Waals surface area contributed by atoms with Crippen LogP contribution in [-0.4, -0.2) is 40.0 Å². The molecule has 2 aromatic heterocycles. The zero-order chi connectivity index (χ0) is 30.0. The SMILES string of the molecule is O=C(c1c[nH]c2ccccc12)N(c1cccc(Cl)c1Cl)C1CCN(c2ncnc3cc(C#Cc4ccccc4)ccc23)CC1. The predicted molar refractivity (Wildman–Crippen MR) is 179 cm³/mol. The number of anilines is 2. The lowest BCUT2D eigenvalue weighted by Gasteiger charge is -2.39. The fourth-order valence-corrected chi connectivity index (χ4v) is 6.29. The van der Waals surface area contributed by atoms with Crippen molar-refractivity contribution in [1.82, 2.24) is 15.0 Å². The molecule has 0 atom stereocenters. The van der Waals surface area contributed by atoms with Crippen LogP contribution in [0, 0.1) is 11.8 Å². The first-order valence-corrected chi connectivity index (χ1v) is 15.2. The Labute approximate surface area is 265 Å². The zero-order valence-corrected chi connectivity index (χ0v) is 25.2. The Balaban J connectivity index is 1.16. The largest absolute Gasteiger partial charge is 0.360 e. The van der Waals surface area contributed by atoms with Crippen molar-refractivity contribution in [3.8, 4) is 11.8 Å². The van der Waals surface area contributed by atoms with Crippen LogP contribution < -0.4 is 9.80 Å². The first kappa shape index (κ1) is 28.0. The van der Waals surface area contributed by atoms with Gasteiger partial charge in [-0.2, -0.15) is 0 Å². The van der Waals surface area contributed by atoms with E-state index >= 15 is 0 Å². The number of benzene rings is 4. The summed E-state index contributed by atoms with van der Waals surface area (Å²) in [6.07, 6.45) is 4.84. The zero-order valence-electron chi connectivity index (χ0n) is 23.7. The van der Waals surface area contributed by atoms with Crippen molar-refractivity contribution in [3.05, 3.63) is 130 Å². The van der Waals surface area contributed by atoms with E-state index in [4.69, 9.17) is 23.2 Å². The van der Waals surface area contributed by atoms with Gasteiger partial charge < -0.3 is 14.8 Å². The summed E-state index contributed by atoms with van der Waals surface area (Å²) in [7, 11) is 0. The van der Waals surface area contributed by atoms with Crippen molar-refractivity contribution < 1.29 is 4.79 Å². The average molecular weight is 617 g/mol. The van der Waals surface area contributed by atoms with Crippen molar-refractivity contribution in [3.63, 3.8) is 0 Å². The van der Waals surface area contributed by atoms with Crippen LogP contribution in [0.2, 0.25) is 10.0 Å². The van der Waals surface area contributed by atoms with E-state index in [1.54, 1.807) is 18.6 Å². The summed E-state index contributed by atoms with van der Waals surface area (Å²) in [6, 6.07) is 29.2. The molecule has 44 heavy (non-hydrogen) atoms. The minimum atomic E-state index is -0.110. The van der Waals surface area contributed by atoms with Crippen molar-refractivity contribution in [2.24, 2.45) is 0 Å². The van der Waals surface area contributed by atoms with Gasteiger partial charge in [-0.25, -0.2) is 9.97 Å². The first-order chi connectivity index (χ1) is 21.6. The van der Waals surface area contributed by atoms with Gasteiger partial charge in [-0.15, -0.1) is 0 Å². The van der Waals surface area contributed by atoms with Crippen molar-refractivity contribution in [2.75, 3.05) is 22.9 Å². The number of H-pyrrole nitrogens is 1. The monoisotopic (exact) mass is 615 g/mol. The van der Waals surface area contributed by atoms with Crippen LogP contribution in [0.4, 0.5) is 11.5 Å². The average Bonchev–Trinajstić information content (AvgIpc) is 3.51. The smallest absolute Gasteiger partial charge is 0.260 e. The van der Waals surface area contributed by atoms with Crippen LogP contribution in [0.3, 0.4) is 0 Å². The molecule has 6 nitrogen and oxygen atoms in total. The summed E-state index contributed by atoms with van der Waals surface area (Å²) >= 11 is 13.2.